The fourth-order valence-electron chi connectivity index (χ4n) is 3.47. The molecule has 29 heavy (non-hydrogen) atoms. The average Bonchev–Trinajstić information content (AvgIpc) is 3.14. The second-order valence-electron chi connectivity index (χ2n) is 7.01. The standard InChI is InChI=1S/C22H24N4O3/c1-16-20(24-22(29-16)17-4-3-9-23-15-17)14-21(27)26-12-10-25(11-13-26)18-5-7-19(28-2)8-6-18/h3-9,15H,10-14H2,1-2H3. The lowest BCUT2D eigenvalue weighted by molar-refractivity contribution is -0.130. The highest BCUT2D eigenvalue weighted by Gasteiger charge is 2.23. The van der Waals surface area contributed by atoms with Crippen molar-refractivity contribution in [2.45, 2.75) is 13.3 Å². The highest BCUT2D eigenvalue weighted by molar-refractivity contribution is 5.79. The molecule has 2 aromatic heterocycles. The van der Waals surface area contributed by atoms with E-state index < -0.39 is 0 Å². The number of hydrogen-bond donors (Lipinski definition) is 0. The molecule has 150 valence electrons. The molecule has 1 aromatic carbocycles. The molecule has 0 N–H and O–H groups in total. The SMILES string of the molecule is COc1ccc(N2CCN(C(=O)Cc3nc(-c4cccnc4)oc3C)CC2)cc1. The summed E-state index contributed by atoms with van der Waals surface area (Å²) < 4.78 is 11.0. The summed E-state index contributed by atoms with van der Waals surface area (Å²) in [6.45, 7) is 4.83. The summed E-state index contributed by atoms with van der Waals surface area (Å²) in [5, 5.41) is 0. The van der Waals surface area contributed by atoms with Crippen LogP contribution in [-0.2, 0) is 11.2 Å². The number of nitrogens with zero attached hydrogens (tertiary/aromatic N) is 4. The highest BCUT2D eigenvalue weighted by Crippen LogP contribution is 2.23. The van der Waals surface area contributed by atoms with Crippen molar-refractivity contribution in [2.24, 2.45) is 0 Å². The number of methoxy groups -OCH3 is 1. The molecule has 1 saturated heterocycles. The number of pyridine rings is 1. The zero-order valence-electron chi connectivity index (χ0n) is 16.7. The Kier molecular flexibility index (Phi) is 5.46. The predicted octanol–water partition coefficient (Wildman–Crippen LogP) is 2.94. The van der Waals surface area contributed by atoms with Crippen molar-refractivity contribution >= 4 is 11.6 Å². The molecule has 3 heterocycles. The van der Waals surface area contributed by atoms with Gasteiger partial charge in [-0.1, -0.05) is 0 Å². The number of oxazole rings is 1. The Hall–Kier alpha value is -3.35. The van der Waals surface area contributed by atoms with E-state index in [2.05, 4.69) is 27.0 Å². The van der Waals surface area contributed by atoms with Crippen LogP contribution in [0, 0.1) is 6.92 Å². The van der Waals surface area contributed by atoms with E-state index in [0.717, 1.165) is 30.1 Å². The second kappa shape index (κ2) is 8.34. The Morgan fingerprint density at radius 2 is 1.90 bits per heavy atom. The Bertz CT molecular complexity index is 961. The van der Waals surface area contributed by atoms with Gasteiger partial charge in [0, 0.05) is 44.3 Å². The van der Waals surface area contributed by atoms with Crippen molar-refractivity contribution in [1.29, 1.82) is 0 Å². The molecular weight excluding hydrogens is 368 g/mol. The molecule has 0 atom stereocenters. The lowest BCUT2D eigenvalue weighted by atomic mass is 10.2. The van der Waals surface area contributed by atoms with E-state index in [1.165, 1.54) is 0 Å². The van der Waals surface area contributed by atoms with E-state index in [9.17, 15) is 4.79 Å². The van der Waals surface area contributed by atoms with E-state index in [-0.39, 0.29) is 12.3 Å². The molecule has 7 nitrogen and oxygen atoms in total. The molecular formula is C22H24N4O3. The average molecular weight is 392 g/mol. The van der Waals surface area contributed by atoms with Crippen LogP contribution in [0.1, 0.15) is 11.5 Å². The zero-order valence-corrected chi connectivity index (χ0v) is 16.7. The smallest absolute Gasteiger partial charge is 0.228 e. The summed E-state index contributed by atoms with van der Waals surface area (Å²) in [5.41, 5.74) is 2.64. The Balaban J connectivity index is 1.36. The number of ether oxygens (including phenoxy) is 1. The predicted molar refractivity (Wildman–Crippen MR) is 110 cm³/mol. The Morgan fingerprint density at radius 1 is 1.14 bits per heavy atom. The second-order valence-corrected chi connectivity index (χ2v) is 7.01. The van der Waals surface area contributed by atoms with Gasteiger partial charge in [-0.2, -0.15) is 0 Å². The van der Waals surface area contributed by atoms with Crippen molar-refractivity contribution in [3.63, 3.8) is 0 Å². The quantitative estimate of drug-likeness (QED) is 0.665. The van der Waals surface area contributed by atoms with Crippen LogP contribution in [0.3, 0.4) is 0 Å². The van der Waals surface area contributed by atoms with Crippen LogP contribution >= 0.6 is 0 Å². The van der Waals surface area contributed by atoms with Gasteiger partial charge in [0.25, 0.3) is 0 Å². The van der Waals surface area contributed by atoms with Gasteiger partial charge in [0.2, 0.25) is 11.8 Å². The number of carbonyl (C=O) groups is 1. The number of piperazine rings is 1. The third-order valence-electron chi connectivity index (χ3n) is 5.19. The molecule has 0 bridgehead atoms. The van der Waals surface area contributed by atoms with Crippen LogP contribution in [0.5, 0.6) is 5.75 Å². The molecule has 0 radical (unpaired) electrons. The summed E-state index contributed by atoms with van der Waals surface area (Å²) in [5.74, 6) is 2.10. The zero-order chi connectivity index (χ0) is 20.2. The molecule has 4 rings (SSSR count). The number of carbonyl (C=O) groups excluding carboxylic acids is 1. The lowest BCUT2D eigenvalue weighted by Gasteiger charge is -2.36. The van der Waals surface area contributed by atoms with E-state index >= 15 is 0 Å². The molecule has 1 aliphatic heterocycles. The molecule has 1 aliphatic rings. The first-order valence-corrected chi connectivity index (χ1v) is 9.67. The molecule has 7 heteroatoms. The van der Waals surface area contributed by atoms with Gasteiger partial charge in [0.15, 0.2) is 0 Å². The Morgan fingerprint density at radius 3 is 2.55 bits per heavy atom. The number of aromatic nitrogens is 2. The van der Waals surface area contributed by atoms with Gasteiger partial charge in [0.05, 0.1) is 24.8 Å². The third kappa shape index (κ3) is 4.23. The molecule has 1 fully saturated rings. The van der Waals surface area contributed by atoms with Gasteiger partial charge in [-0.3, -0.25) is 9.78 Å². The first-order chi connectivity index (χ1) is 14.1. The number of anilines is 1. The van der Waals surface area contributed by atoms with Gasteiger partial charge < -0.3 is 19.0 Å². The third-order valence-corrected chi connectivity index (χ3v) is 5.19. The fourth-order valence-corrected chi connectivity index (χ4v) is 3.47. The maximum atomic E-state index is 12.8. The van der Waals surface area contributed by atoms with Crippen molar-refractivity contribution in [3.05, 3.63) is 60.2 Å². The summed E-state index contributed by atoms with van der Waals surface area (Å²) in [7, 11) is 1.66. The molecule has 0 spiro atoms. The summed E-state index contributed by atoms with van der Waals surface area (Å²) >= 11 is 0. The maximum Gasteiger partial charge on any atom is 0.228 e. The molecule has 0 unspecified atom stereocenters. The van der Waals surface area contributed by atoms with Gasteiger partial charge in [-0.05, 0) is 43.3 Å². The number of aryl methyl sites for hydroxylation is 1. The largest absolute Gasteiger partial charge is 0.497 e. The number of hydrogen-bond acceptors (Lipinski definition) is 6. The molecule has 3 aromatic rings. The maximum absolute atomic E-state index is 12.8. The van der Waals surface area contributed by atoms with Crippen LogP contribution in [-0.4, -0.2) is 54.1 Å². The van der Waals surface area contributed by atoms with Crippen molar-refractivity contribution in [2.75, 3.05) is 38.2 Å². The first kappa shape index (κ1) is 19.0. The number of rotatable bonds is 5. The monoisotopic (exact) mass is 392 g/mol. The van der Waals surface area contributed by atoms with Gasteiger partial charge in [-0.25, -0.2) is 4.98 Å². The first-order valence-electron chi connectivity index (χ1n) is 9.67. The minimum atomic E-state index is 0.0773. The van der Waals surface area contributed by atoms with Crippen molar-refractivity contribution in [1.82, 2.24) is 14.9 Å². The van der Waals surface area contributed by atoms with Crippen molar-refractivity contribution < 1.29 is 13.9 Å². The van der Waals surface area contributed by atoms with E-state index in [1.54, 1.807) is 19.5 Å². The number of amides is 1. The van der Waals surface area contributed by atoms with Gasteiger partial charge >= 0.3 is 0 Å². The number of benzene rings is 1. The minimum Gasteiger partial charge on any atom is -0.497 e. The van der Waals surface area contributed by atoms with Crippen LogP contribution in [0.15, 0.2) is 53.2 Å². The van der Waals surface area contributed by atoms with E-state index in [1.807, 2.05) is 36.1 Å². The van der Waals surface area contributed by atoms with E-state index in [4.69, 9.17) is 9.15 Å². The summed E-state index contributed by atoms with van der Waals surface area (Å²) in [6.07, 6.45) is 3.66. The van der Waals surface area contributed by atoms with Gasteiger partial charge in [-0.15, -0.1) is 0 Å². The topological polar surface area (TPSA) is 71.7 Å². The van der Waals surface area contributed by atoms with Gasteiger partial charge in [0.1, 0.15) is 11.5 Å². The minimum absolute atomic E-state index is 0.0773. The molecule has 1 amide bonds. The molecule has 0 saturated carbocycles. The summed E-state index contributed by atoms with van der Waals surface area (Å²) in [4.78, 5) is 25.6. The van der Waals surface area contributed by atoms with Crippen LogP contribution in [0.2, 0.25) is 0 Å². The van der Waals surface area contributed by atoms with Crippen LogP contribution in [0.4, 0.5) is 5.69 Å². The van der Waals surface area contributed by atoms with Crippen molar-refractivity contribution in [3.8, 4) is 17.2 Å². The summed E-state index contributed by atoms with van der Waals surface area (Å²) in [6, 6.07) is 11.7. The highest BCUT2D eigenvalue weighted by atomic mass is 16.5. The van der Waals surface area contributed by atoms with Crippen LogP contribution < -0.4 is 9.64 Å². The fraction of sp³-hybridized carbons (Fsp3) is 0.318. The Labute approximate surface area is 169 Å². The normalized spacial score (nSPS) is 14.1. The van der Waals surface area contributed by atoms with E-state index in [0.29, 0.717) is 30.4 Å². The van der Waals surface area contributed by atoms with Crippen LogP contribution in [0.25, 0.3) is 11.5 Å². The molecule has 0 aliphatic carbocycles. The lowest BCUT2D eigenvalue weighted by Crippen LogP contribution is -2.49.